The predicted octanol–water partition coefficient (Wildman–Crippen LogP) is 2.77. The van der Waals surface area contributed by atoms with Gasteiger partial charge in [0.25, 0.3) is 0 Å². The summed E-state index contributed by atoms with van der Waals surface area (Å²) in [7, 11) is 0. The molecular formula is C15H23NO. The van der Waals surface area contributed by atoms with E-state index in [1.807, 2.05) is 0 Å². The summed E-state index contributed by atoms with van der Waals surface area (Å²) in [6, 6.07) is 9.31. The number of nitrogens with zero attached hydrogens (tertiary/aromatic N) is 1. The Bertz CT molecular complexity index is 327. The minimum Gasteiger partial charge on any atom is -0.396 e. The quantitative estimate of drug-likeness (QED) is 0.845. The highest BCUT2D eigenvalue weighted by Crippen LogP contribution is 2.28. The van der Waals surface area contributed by atoms with E-state index in [1.165, 1.54) is 37.1 Å². The molecule has 1 atom stereocenters. The van der Waals surface area contributed by atoms with Crippen LogP contribution in [-0.2, 0) is 6.42 Å². The molecule has 2 heteroatoms. The van der Waals surface area contributed by atoms with Crippen LogP contribution in [-0.4, -0.2) is 29.7 Å². The molecule has 1 fully saturated rings. The first-order valence-corrected chi connectivity index (χ1v) is 6.79. The second-order valence-corrected chi connectivity index (χ2v) is 4.87. The van der Waals surface area contributed by atoms with Crippen molar-refractivity contribution in [1.82, 2.24) is 4.90 Å². The topological polar surface area (TPSA) is 23.5 Å². The van der Waals surface area contributed by atoms with Crippen LogP contribution >= 0.6 is 0 Å². The lowest BCUT2D eigenvalue weighted by Crippen LogP contribution is -2.26. The Labute approximate surface area is 104 Å². The third-order valence-corrected chi connectivity index (χ3v) is 3.76. The zero-order valence-corrected chi connectivity index (χ0v) is 10.7. The van der Waals surface area contributed by atoms with Gasteiger partial charge in [-0.3, -0.25) is 4.90 Å². The molecule has 1 saturated heterocycles. The molecular weight excluding hydrogens is 210 g/mol. The summed E-state index contributed by atoms with van der Waals surface area (Å²) in [6.07, 6.45) is 4.55. The van der Waals surface area contributed by atoms with Crippen molar-refractivity contribution in [2.75, 3.05) is 19.7 Å². The van der Waals surface area contributed by atoms with E-state index >= 15 is 0 Å². The van der Waals surface area contributed by atoms with Gasteiger partial charge >= 0.3 is 0 Å². The second-order valence-electron chi connectivity index (χ2n) is 4.87. The third-order valence-electron chi connectivity index (χ3n) is 3.76. The second kappa shape index (κ2) is 6.18. The van der Waals surface area contributed by atoms with Crippen LogP contribution in [0.3, 0.4) is 0 Å². The molecule has 94 valence electrons. The normalized spacial score (nSPS) is 18.5. The lowest BCUT2D eigenvalue weighted by Gasteiger charge is -2.27. The molecule has 0 spiro atoms. The maximum atomic E-state index is 9.23. The molecule has 1 aliphatic rings. The fraction of sp³-hybridized carbons (Fsp3) is 0.600. The molecule has 0 aromatic heterocycles. The zero-order valence-electron chi connectivity index (χ0n) is 10.7. The summed E-state index contributed by atoms with van der Waals surface area (Å²) in [6.45, 7) is 4.82. The SMILES string of the molecule is CCc1ccc(C(CCO)N2CCCC2)cc1. The number of hydrogen-bond donors (Lipinski definition) is 1. The Hall–Kier alpha value is -0.860. The number of hydrogen-bond acceptors (Lipinski definition) is 2. The maximum absolute atomic E-state index is 9.23. The predicted molar refractivity (Wildman–Crippen MR) is 71.1 cm³/mol. The first-order valence-electron chi connectivity index (χ1n) is 6.79. The summed E-state index contributed by atoms with van der Waals surface area (Å²) < 4.78 is 0. The Morgan fingerprint density at radius 3 is 2.35 bits per heavy atom. The van der Waals surface area contributed by atoms with Gasteiger partial charge in [0.2, 0.25) is 0 Å². The summed E-state index contributed by atoms with van der Waals surface area (Å²) in [5.41, 5.74) is 2.75. The molecule has 1 aromatic carbocycles. The molecule has 0 amide bonds. The van der Waals surface area contributed by atoms with Crippen LogP contribution in [0.25, 0.3) is 0 Å². The fourth-order valence-corrected chi connectivity index (χ4v) is 2.71. The van der Waals surface area contributed by atoms with Gasteiger partial charge in [-0.1, -0.05) is 31.2 Å². The molecule has 0 saturated carbocycles. The van der Waals surface area contributed by atoms with Crippen molar-refractivity contribution in [3.05, 3.63) is 35.4 Å². The van der Waals surface area contributed by atoms with E-state index in [9.17, 15) is 5.11 Å². The summed E-state index contributed by atoms with van der Waals surface area (Å²) in [5.74, 6) is 0. The van der Waals surface area contributed by atoms with E-state index in [0.29, 0.717) is 6.04 Å². The lowest BCUT2D eigenvalue weighted by molar-refractivity contribution is 0.185. The van der Waals surface area contributed by atoms with Crippen LogP contribution in [0.5, 0.6) is 0 Å². The molecule has 2 rings (SSSR count). The number of aryl methyl sites for hydroxylation is 1. The molecule has 0 radical (unpaired) electrons. The first kappa shape index (κ1) is 12.6. The van der Waals surface area contributed by atoms with E-state index in [2.05, 4.69) is 36.1 Å². The number of benzene rings is 1. The van der Waals surface area contributed by atoms with E-state index in [0.717, 1.165) is 12.8 Å². The third kappa shape index (κ3) is 3.08. The smallest absolute Gasteiger partial charge is 0.0449 e. The van der Waals surface area contributed by atoms with Crippen LogP contribution in [0.15, 0.2) is 24.3 Å². The largest absolute Gasteiger partial charge is 0.396 e. The van der Waals surface area contributed by atoms with E-state index < -0.39 is 0 Å². The molecule has 2 nitrogen and oxygen atoms in total. The van der Waals surface area contributed by atoms with Crippen molar-refractivity contribution in [3.8, 4) is 0 Å². The van der Waals surface area contributed by atoms with E-state index in [1.54, 1.807) is 0 Å². The molecule has 1 aromatic rings. The van der Waals surface area contributed by atoms with Crippen molar-refractivity contribution in [3.63, 3.8) is 0 Å². The van der Waals surface area contributed by atoms with Crippen molar-refractivity contribution in [1.29, 1.82) is 0 Å². The van der Waals surface area contributed by atoms with Crippen LogP contribution in [0.4, 0.5) is 0 Å². The maximum Gasteiger partial charge on any atom is 0.0449 e. The molecule has 0 bridgehead atoms. The van der Waals surface area contributed by atoms with Crippen molar-refractivity contribution < 1.29 is 5.11 Å². The van der Waals surface area contributed by atoms with Crippen LogP contribution in [0.1, 0.15) is 43.4 Å². The molecule has 17 heavy (non-hydrogen) atoms. The van der Waals surface area contributed by atoms with Gasteiger partial charge in [-0.2, -0.15) is 0 Å². The molecule has 1 unspecified atom stereocenters. The van der Waals surface area contributed by atoms with Gasteiger partial charge in [0.05, 0.1) is 0 Å². The Kier molecular flexibility index (Phi) is 4.57. The fourth-order valence-electron chi connectivity index (χ4n) is 2.71. The standard InChI is InChI=1S/C15H23NO/c1-2-13-5-7-14(8-6-13)15(9-12-17)16-10-3-4-11-16/h5-8,15,17H,2-4,9-12H2,1H3. The highest BCUT2D eigenvalue weighted by atomic mass is 16.3. The Morgan fingerprint density at radius 1 is 1.18 bits per heavy atom. The average molecular weight is 233 g/mol. The van der Waals surface area contributed by atoms with Gasteiger partial charge in [-0.25, -0.2) is 0 Å². The molecule has 0 aliphatic carbocycles. The Morgan fingerprint density at radius 2 is 1.82 bits per heavy atom. The highest BCUT2D eigenvalue weighted by molar-refractivity contribution is 5.25. The number of aliphatic hydroxyl groups excluding tert-OH is 1. The van der Waals surface area contributed by atoms with E-state index in [4.69, 9.17) is 0 Å². The summed E-state index contributed by atoms with van der Waals surface area (Å²) in [5, 5.41) is 9.23. The van der Waals surface area contributed by atoms with Crippen LogP contribution in [0.2, 0.25) is 0 Å². The monoisotopic (exact) mass is 233 g/mol. The Balaban J connectivity index is 2.12. The molecule has 1 N–H and O–H groups in total. The van der Waals surface area contributed by atoms with Crippen molar-refractivity contribution in [2.45, 2.75) is 38.6 Å². The number of likely N-dealkylation sites (tertiary alicyclic amines) is 1. The summed E-state index contributed by atoms with van der Waals surface area (Å²) >= 11 is 0. The van der Waals surface area contributed by atoms with E-state index in [-0.39, 0.29) is 6.61 Å². The number of rotatable bonds is 5. The average Bonchev–Trinajstić information content (AvgIpc) is 2.90. The minimum absolute atomic E-state index is 0.274. The van der Waals surface area contributed by atoms with Crippen molar-refractivity contribution in [2.24, 2.45) is 0 Å². The van der Waals surface area contributed by atoms with Gasteiger partial charge in [0, 0.05) is 12.6 Å². The van der Waals surface area contributed by atoms with Gasteiger partial charge < -0.3 is 5.11 Å². The van der Waals surface area contributed by atoms with Gasteiger partial charge in [0.1, 0.15) is 0 Å². The summed E-state index contributed by atoms with van der Waals surface area (Å²) in [4.78, 5) is 2.51. The first-order chi connectivity index (χ1) is 8.35. The molecule has 1 aliphatic heterocycles. The number of aliphatic hydroxyl groups is 1. The van der Waals surface area contributed by atoms with Gasteiger partial charge in [0.15, 0.2) is 0 Å². The van der Waals surface area contributed by atoms with Crippen LogP contribution in [0, 0.1) is 0 Å². The van der Waals surface area contributed by atoms with Crippen LogP contribution < -0.4 is 0 Å². The van der Waals surface area contributed by atoms with Crippen molar-refractivity contribution >= 4 is 0 Å². The lowest BCUT2D eigenvalue weighted by atomic mass is 10.0. The molecule has 1 heterocycles. The van der Waals surface area contributed by atoms with Gasteiger partial charge in [-0.15, -0.1) is 0 Å². The highest BCUT2D eigenvalue weighted by Gasteiger charge is 2.22. The van der Waals surface area contributed by atoms with Gasteiger partial charge in [-0.05, 0) is 49.9 Å². The minimum atomic E-state index is 0.274. The zero-order chi connectivity index (χ0) is 12.1.